The van der Waals surface area contributed by atoms with Gasteiger partial charge in [-0.15, -0.1) is 0 Å². The van der Waals surface area contributed by atoms with Gasteiger partial charge in [-0.2, -0.15) is 0 Å². The first-order valence-electron chi connectivity index (χ1n) is 12.2. The van der Waals surface area contributed by atoms with Crippen LogP contribution in [0, 0.1) is 0 Å². The quantitative estimate of drug-likeness (QED) is 0.283. The molecule has 2 amide bonds. The van der Waals surface area contributed by atoms with Gasteiger partial charge in [0.05, 0.1) is 10.6 Å². The Bertz CT molecular complexity index is 1350. The molecule has 1 N–H and O–H groups in total. The molecule has 0 spiro atoms. The van der Waals surface area contributed by atoms with E-state index >= 15 is 0 Å². The van der Waals surface area contributed by atoms with Gasteiger partial charge < -0.3 is 10.2 Å². The summed E-state index contributed by atoms with van der Waals surface area (Å²) in [5.41, 5.74) is 1.14. The van der Waals surface area contributed by atoms with E-state index in [-0.39, 0.29) is 23.4 Å². The van der Waals surface area contributed by atoms with Crippen molar-refractivity contribution in [2.24, 2.45) is 0 Å². The Morgan fingerprint density at radius 1 is 0.895 bits per heavy atom. The van der Waals surface area contributed by atoms with Crippen LogP contribution >= 0.6 is 31.9 Å². The topological polar surface area (TPSA) is 86.8 Å². The van der Waals surface area contributed by atoms with E-state index in [0.29, 0.717) is 5.69 Å². The molecule has 38 heavy (non-hydrogen) atoms. The van der Waals surface area contributed by atoms with Crippen LogP contribution in [0.1, 0.15) is 32.8 Å². The van der Waals surface area contributed by atoms with Gasteiger partial charge in [-0.3, -0.25) is 13.9 Å². The fourth-order valence-corrected chi connectivity index (χ4v) is 5.88. The van der Waals surface area contributed by atoms with Gasteiger partial charge in [-0.05, 0) is 74.4 Å². The minimum Gasteiger partial charge on any atom is -0.352 e. The first-order chi connectivity index (χ1) is 18.0. The maximum Gasteiger partial charge on any atom is 0.264 e. The predicted molar refractivity (Wildman–Crippen MR) is 157 cm³/mol. The molecule has 0 bridgehead atoms. The number of nitrogens with one attached hydrogen (secondary N) is 1. The summed E-state index contributed by atoms with van der Waals surface area (Å²) in [7, 11) is -4.08. The van der Waals surface area contributed by atoms with Crippen molar-refractivity contribution in [2.75, 3.05) is 10.8 Å². The van der Waals surface area contributed by atoms with Gasteiger partial charge in [0, 0.05) is 21.5 Å². The highest BCUT2D eigenvalue weighted by molar-refractivity contribution is 9.10. The van der Waals surface area contributed by atoms with Gasteiger partial charge in [0.1, 0.15) is 12.6 Å². The zero-order valence-electron chi connectivity index (χ0n) is 21.5. The molecule has 7 nitrogen and oxygen atoms in total. The molecular weight excluding hydrogens is 634 g/mol. The Morgan fingerprint density at radius 2 is 1.55 bits per heavy atom. The molecule has 0 heterocycles. The lowest BCUT2D eigenvalue weighted by Gasteiger charge is -2.32. The van der Waals surface area contributed by atoms with Crippen LogP contribution in [-0.4, -0.2) is 43.8 Å². The van der Waals surface area contributed by atoms with Gasteiger partial charge in [0.2, 0.25) is 11.8 Å². The average Bonchev–Trinajstić information content (AvgIpc) is 2.90. The van der Waals surface area contributed by atoms with Crippen LogP contribution in [0.4, 0.5) is 5.69 Å². The molecule has 2 atom stereocenters. The molecule has 3 rings (SSSR count). The number of benzene rings is 3. The molecule has 10 heteroatoms. The summed E-state index contributed by atoms with van der Waals surface area (Å²) >= 11 is 6.83. The number of anilines is 1. The number of sulfonamides is 1. The van der Waals surface area contributed by atoms with Gasteiger partial charge in [-0.25, -0.2) is 8.42 Å². The summed E-state index contributed by atoms with van der Waals surface area (Å²) in [5, 5.41) is 2.93. The fraction of sp³-hybridized carbons (Fsp3) is 0.286. The number of nitrogens with zero attached hydrogens (tertiary/aromatic N) is 2. The number of halogens is 2. The predicted octanol–water partition coefficient (Wildman–Crippen LogP) is 5.74. The zero-order chi connectivity index (χ0) is 27.9. The third-order valence-electron chi connectivity index (χ3n) is 6.13. The smallest absolute Gasteiger partial charge is 0.264 e. The Labute approximate surface area is 241 Å². The van der Waals surface area contributed by atoms with E-state index in [1.54, 1.807) is 49.4 Å². The maximum absolute atomic E-state index is 13.9. The molecule has 0 aliphatic heterocycles. The van der Waals surface area contributed by atoms with Crippen LogP contribution in [0.5, 0.6) is 0 Å². The summed E-state index contributed by atoms with van der Waals surface area (Å²) in [4.78, 5) is 28.4. The third-order valence-corrected chi connectivity index (χ3v) is 8.94. The fourth-order valence-electron chi connectivity index (χ4n) is 3.74. The highest BCUT2D eigenvalue weighted by Crippen LogP contribution is 2.26. The monoisotopic (exact) mass is 663 g/mol. The van der Waals surface area contributed by atoms with Crippen LogP contribution in [-0.2, 0) is 26.2 Å². The van der Waals surface area contributed by atoms with Crippen molar-refractivity contribution >= 4 is 59.4 Å². The van der Waals surface area contributed by atoms with Crippen molar-refractivity contribution in [2.45, 2.75) is 50.7 Å². The van der Waals surface area contributed by atoms with E-state index in [1.807, 2.05) is 38.1 Å². The molecule has 0 radical (unpaired) electrons. The van der Waals surface area contributed by atoms with Crippen LogP contribution in [0.15, 0.2) is 92.7 Å². The first-order valence-corrected chi connectivity index (χ1v) is 15.2. The molecule has 202 valence electrons. The van der Waals surface area contributed by atoms with Gasteiger partial charge in [-0.1, -0.05) is 69.1 Å². The minimum atomic E-state index is -4.08. The van der Waals surface area contributed by atoms with Crippen LogP contribution in [0.2, 0.25) is 0 Å². The number of carbonyl (C=O) groups is 2. The summed E-state index contributed by atoms with van der Waals surface area (Å²) in [6, 6.07) is 21.2. The van der Waals surface area contributed by atoms with E-state index in [1.165, 1.54) is 17.0 Å². The van der Waals surface area contributed by atoms with Crippen molar-refractivity contribution in [3.63, 3.8) is 0 Å². The normalized spacial score (nSPS) is 12.9. The van der Waals surface area contributed by atoms with E-state index in [4.69, 9.17) is 0 Å². The molecule has 0 aliphatic carbocycles. The SMILES string of the molecule is CC[C@H](C)NC(=O)[C@H](C)N(Cc1cccc(Br)c1)C(=O)CN(c1ccc(Br)cc1)S(=O)(=O)c1ccccc1. The lowest BCUT2D eigenvalue weighted by Crippen LogP contribution is -2.52. The molecular formula is C28H31Br2N3O4S. The summed E-state index contributed by atoms with van der Waals surface area (Å²) in [5.74, 6) is -0.803. The van der Waals surface area contributed by atoms with E-state index in [9.17, 15) is 18.0 Å². The van der Waals surface area contributed by atoms with E-state index in [0.717, 1.165) is 25.2 Å². The Morgan fingerprint density at radius 3 is 2.16 bits per heavy atom. The number of carbonyl (C=O) groups excluding carboxylic acids is 2. The molecule has 3 aromatic rings. The largest absolute Gasteiger partial charge is 0.352 e. The molecule has 0 aliphatic rings. The van der Waals surface area contributed by atoms with Gasteiger partial charge >= 0.3 is 0 Å². The number of hydrogen-bond acceptors (Lipinski definition) is 4. The third kappa shape index (κ3) is 7.68. The second kappa shape index (κ2) is 13.4. The zero-order valence-corrected chi connectivity index (χ0v) is 25.5. The summed E-state index contributed by atoms with van der Waals surface area (Å²) in [6.45, 7) is 5.17. The standard InChI is InChI=1S/C28H31Br2N3O4S/c1-4-20(2)31-28(35)21(3)32(18-22-9-8-10-24(30)17-22)27(34)19-33(25-15-13-23(29)14-16-25)38(36,37)26-11-6-5-7-12-26/h5-17,20-21H,4,18-19H2,1-3H3,(H,31,35)/t20-,21-/m0/s1. The molecule has 0 unspecified atom stereocenters. The second-order valence-corrected chi connectivity index (χ2v) is 12.6. The number of rotatable bonds is 11. The van der Waals surface area contributed by atoms with Gasteiger partial charge in [0.15, 0.2) is 0 Å². The minimum absolute atomic E-state index is 0.0644. The molecule has 0 saturated carbocycles. The Hall–Kier alpha value is -2.69. The molecule has 0 saturated heterocycles. The lowest BCUT2D eigenvalue weighted by molar-refractivity contribution is -0.139. The van der Waals surface area contributed by atoms with E-state index < -0.39 is 28.5 Å². The summed E-state index contributed by atoms with van der Waals surface area (Å²) < 4.78 is 30.1. The van der Waals surface area contributed by atoms with Crippen LogP contribution < -0.4 is 9.62 Å². The summed E-state index contributed by atoms with van der Waals surface area (Å²) in [6.07, 6.45) is 0.741. The van der Waals surface area contributed by atoms with Crippen molar-refractivity contribution < 1.29 is 18.0 Å². The number of hydrogen-bond donors (Lipinski definition) is 1. The van der Waals surface area contributed by atoms with Crippen LogP contribution in [0.3, 0.4) is 0 Å². The van der Waals surface area contributed by atoms with Crippen molar-refractivity contribution in [3.05, 3.63) is 93.4 Å². The highest BCUT2D eigenvalue weighted by Gasteiger charge is 2.32. The van der Waals surface area contributed by atoms with Crippen LogP contribution in [0.25, 0.3) is 0 Å². The Kier molecular flexibility index (Phi) is 10.5. The second-order valence-electron chi connectivity index (χ2n) is 8.95. The Balaban J connectivity index is 2.01. The van der Waals surface area contributed by atoms with Crippen molar-refractivity contribution in [3.8, 4) is 0 Å². The maximum atomic E-state index is 13.9. The first kappa shape index (κ1) is 29.9. The van der Waals surface area contributed by atoms with E-state index in [2.05, 4.69) is 37.2 Å². The van der Waals surface area contributed by atoms with Crippen molar-refractivity contribution in [1.82, 2.24) is 10.2 Å². The molecule has 3 aromatic carbocycles. The lowest BCUT2D eigenvalue weighted by atomic mass is 10.1. The highest BCUT2D eigenvalue weighted by atomic mass is 79.9. The molecule has 0 fully saturated rings. The average molecular weight is 665 g/mol. The van der Waals surface area contributed by atoms with Crippen molar-refractivity contribution in [1.29, 1.82) is 0 Å². The van der Waals surface area contributed by atoms with Gasteiger partial charge in [0.25, 0.3) is 10.0 Å². The molecule has 0 aromatic heterocycles. The number of amides is 2.